The Balaban J connectivity index is 0.00000160. The van der Waals surface area contributed by atoms with Crippen molar-refractivity contribution < 1.29 is 9.53 Å². The lowest BCUT2D eigenvalue weighted by atomic mass is 10.1. The van der Waals surface area contributed by atoms with Crippen LogP contribution in [0, 0.1) is 0 Å². The molecule has 1 aromatic heterocycles. The van der Waals surface area contributed by atoms with Gasteiger partial charge in [0.1, 0.15) is 11.9 Å². The standard InChI is InChI=1S/C22H28N4O2.2ClH/c27-22(25-19-6-11-24-15-19)18-2-1-3-21(14-18)28-20-7-12-26(13-8-20)16-17-4-9-23-10-5-17;;/h1-5,9-10,14,19-20,24H,6-8,11-13,15-16H2,(H,25,27);2*1H. The van der Waals surface area contributed by atoms with Crippen molar-refractivity contribution in [3.05, 3.63) is 59.9 Å². The molecule has 8 heteroatoms. The Labute approximate surface area is 190 Å². The maximum Gasteiger partial charge on any atom is 0.251 e. The lowest BCUT2D eigenvalue weighted by Gasteiger charge is -2.32. The SMILES string of the molecule is Cl.Cl.O=C(NC1CCNC1)c1cccc(OC2CCN(Cc3ccncc3)CC2)c1. The summed E-state index contributed by atoms with van der Waals surface area (Å²) in [5, 5.41) is 6.35. The number of carbonyl (C=O) groups excluding carboxylic acids is 1. The maximum atomic E-state index is 12.5. The molecule has 2 aliphatic rings. The van der Waals surface area contributed by atoms with Gasteiger partial charge in [-0.2, -0.15) is 0 Å². The summed E-state index contributed by atoms with van der Waals surface area (Å²) in [4.78, 5) is 19.0. The molecule has 2 N–H and O–H groups in total. The molecule has 30 heavy (non-hydrogen) atoms. The molecule has 6 nitrogen and oxygen atoms in total. The molecule has 2 saturated heterocycles. The van der Waals surface area contributed by atoms with Crippen LogP contribution in [-0.2, 0) is 6.54 Å². The zero-order valence-electron chi connectivity index (χ0n) is 17.0. The van der Waals surface area contributed by atoms with Gasteiger partial charge in [-0.15, -0.1) is 24.8 Å². The molecule has 0 aliphatic carbocycles. The Morgan fingerprint density at radius 3 is 2.60 bits per heavy atom. The van der Waals surface area contributed by atoms with E-state index < -0.39 is 0 Å². The Kier molecular flexibility index (Phi) is 9.85. The number of nitrogens with zero attached hydrogens (tertiary/aromatic N) is 2. The van der Waals surface area contributed by atoms with Crippen molar-refractivity contribution in [1.82, 2.24) is 20.5 Å². The number of benzene rings is 1. The molecule has 2 aromatic rings. The van der Waals surface area contributed by atoms with Crippen molar-refractivity contribution in [2.75, 3.05) is 26.2 Å². The molecule has 0 bridgehead atoms. The van der Waals surface area contributed by atoms with Crippen LogP contribution in [0.4, 0.5) is 0 Å². The number of ether oxygens (including phenoxy) is 1. The molecule has 1 amide bonds. The van der Waals surface area contributed by atoms with Crippen LogP contribution in [0.15, 0.2) is 48.8 Å². The lowest BCUT2D eigenvalue weighted by molar-refractivity contribution is 0.0927. The zero-order chi connectivity index (χ0) is 19.2. The molecular weight excluding hydrogens is 423 g/mol. The van der Waals surface area contributed by atoms with E-state index in [2.05, 4.69) is 32.7 Å². The second kappa shape index (κ2) is 12.1. The Morgan fingerprint density at radius 1 is 1.13 bits per heavy atom. The predicted molar refractivity (Wildman–Crippen MR) is 123 cm³/mol. The van der Waals surface area contributed by atoms with Crippen LogP contribution < -0.4 is 15.4 Å². The van der Waals surface area contributed by atoms with Gasteiger partial charge in [0.2, 0.25) is 0 Å². The van der Waals surface area contributed by atoms with E-state index in [-0.39, 0.29) is 42.9 Å². The monoisotopic (exact) mass is 452 g/mol. The third-order valence-corrected chi connectivity index (χ3v) is 5.48. The fourth-order valence-corrected chi connectivity index (χ4v) is 3.88. The van der Waals surface area contributed by atoms with Gasteiger partial charge in [0, 0.05) is 50.2 Å². The van der Waals surface area contributed by atoms with Gasteiger partial charge in [-0.3, -0.25) is 14.7 Å². The number of aromatic nitrogens is 1. The van der Waals surface area contributed by atoms with Crippen molar-refractivity contribution >= 4 is 30.7 Å². The van der Waals surface area contributed by atoms with E-state index in [4.69, 9.17) is 4.74 Å². The van der Waals surface area contributed by atoms with Crippen molar-refractivity contribution in [2.24, 2.45) is 0 Å². The number of hydrogen-bond acceptors (Lipinski definition) is 5. The molecule has 1 aromatic carbocycles. The maximum absolute atomic E-state index is 12.5. The summed E-state index contributed by atoms with van der Waals surface area (Å²) in [5.41, 5.74) is 1.96. The molecule has 2 aliphatic heterocycles. The van der Waals surface area contributed by atoms with E-state index in [0.717, 1.165) is 57.7 Å². The third kappa shape index (κ3) is 6.84. The summed E-state index contributed by atoms with van der Waals surface area (Å²) in [7, 11) is 0. The van der Waals surface area contributed by atoms with E-state index in [9.17, 15) is 4.79 Å². The Hall–Kier alpha value is -1.86. The minimum absolute atomic E-state index is 0. The summed E-state index contributed by atoms with van der Waals surface area (Å²) in [5.74, 6) is 0.760. The van der Waals surface area contributed by atoms with Crippen molar-refractivity contribution in [2.45, 2.75) is 38.0 Å². The van der Waals surface area contributed by atoms with Gasteiger partial charge in [-0.1, -0.05) is 6.07 Å². The van der Waals surface area contributed by atoms with E-state index >= 15 is 0 Å². The first-order valence-corrected chi connectivity index (χ1v) is 10.2. The highest BCUT2D eigenvalue weighted by molar-refractivity contribution is 5.94. The van der Waals surface area contributed by atoms with Gasteiger partial charge in [0.15, 0.2) is 0 Å². The zero-order valence-corrected chi connectivity index (χ0v) is 18.6. The highest BCUT2D eigenvalue weighted by Crippen LogP contribution is 2.21. The van der Waals surface area contributed by atoms with E-state index in [0.29, 0.717) is 5.56 Å². The molecule has 4 rings (SSSR count). The minimum Gasteiger partial charge on any atom is -0.490 e. The van der Waals surface area contributed by atoms with Crippen molar-refractivity contribution in [1.29, 1.82) is 0 Å². The van der Waals surface area contributed by atoms with Crippen LogP contribution in [0.2, 0.25) is 0 Å². The lowest BCUT2D eigenvalue weighted by Crippen LogP contribution is -2.38. The van der Waals surface area contributed by atoms with Gasteiger partial charge in [0.05, 0.1) is 0 Å². The van der Waals surface area contributed by atoms with Crippen LogP contribution in [0.25, 0.3) is 0 Å². The topological polar surface area (TPSA) is 66.5 Å². The second-order valence-corrected chi connectivity index (χ2v) is 7.64. The highest BCUT2D eigenvalue weighted by atomic mass is 35.5. The number of halogens is 2. The Morgan fingerprint density at radius 2 is 1.90 bits per heavy atom. The number of nitrogens with one attached hydrogen (secondary N) is 2. The fraction of sp³-hybridized carbons (Fsp3) is 0.455. The number of hydrogen-bond donors (Lipinski definition) is 2. The highest BCUT2D eigenvalue weighted by Gasteiger charge is 2.21. The average Bonchev–Trinajstić information content (AvgIpc) is 3.23. The summed E-state index contributed by atoms with van der Waals surface area (Å²) in [6.45, 7) is 4.80. The largest absolute Gasteiger partial charge is 0.490 e. The van der Waals surface area contributed by atoms with Gasteiger partial charge in [-0.05, 0) is 61.7 Å². The molecule has 0 spiro atoms. The van der Waals surface area contributed by atoms with Gasteiger partial charge < -0.3 is 15.4 Å². The number of rotatable bonds is 6. The fourth-order valence-electron chi connectivity index (χ4n) is 3.88. The van der Waals surface area contributed by atoms with Gasteiger partial charge in [0.25, 0.3) is 5.91 Å². The number of pyridine rings is 1. The van der Waals surface area contributed by atoms with Crippen LogP contribution in [0.3, 0.4) is 0 Å². The summed E-state index contributed by atoms with van der Waals surface area (Å²) >= 11 is 0. The minimum atomic E-state index is -0.0219. The third-order valence-electron chi connectivity index (χ3n) is 5.48. The summed E-state index contributed by atoms with van der Waals surface area (Å²) < 4.78 is 6.19. The predicted octanol–water partition coefficient (Wildman–Crippen LogP) is 3.06. The van der Waals surface area contributed by atoms with E-state index in [1.807, 2.05) is 36.7 Å². The van der Waals surface area contributed by atoms with Crippen LogP contribution in [0.5, 0.6) is 5.75 Å². The smallest absolute Gasteiger partial charge is 0.251 e. The van der Waals surface area contributed by atoms with E-state index in [1.165, 1.54) is 5.56 Å². The Bertz CT molecular complexity index is 780. The number of amides is 1. The molecule has 0 radical (unpaired) electrons. The molecule has 2 fully saturated rings. The van der Waals surface area contributed by atoms with Crippen molar-refractivity contribution in [3.8, 4) is 5.75 Å². The summed E-state index contributed by atoms with van der Waals surface area (Å²) in [6.07, 6.45) is 6.87. The first-order valence-electron chi connectivity index (χ1n) is 10.2. The number of likely N-dealkylation sites (tertiary alicyclic amines) is 1. The number of carbonyl (C=O) groups is 1. The first kappa shape index (κ1) is 24.4. The summed E-state index contributed by atoms with van der Waals surface area (Å²) in [6, 6.07) is 11.9. The molecule has 164 valence electrons. The van der Waals surface area contributed by atoms with Crippen LogP contribution in [-0.4, -0.2) is 54.1 Å². The number of piperidine rings is 1. The second-order valence-electron chi connectivity index (χ2n) is 7.64. The van der Waals surface area contributed by atoms with Gasteiger partial charge in [-0.25, -0.2) is 0 Å². The quantitative estimate of drug-likeness (QED) is 0.704. The molecule has 1 atom stereocenters. The van der Waals surface area contributed by atoms with Gasteiger partial charge >= 0.3 is 0 Å². The first-order chi connectivity index (χ1) is 13.8. The molecule has 3 heterocycles. The average molecular weight is 453 g/mol. The normalized spacial score (nSPS) is 19.4. The van der Waals surface area contributed by atoms with Crippen molar-refractivity contribution in [3.63, 3.8) is 0 Å². The molecule has 1 unspecified atom stereocenters. The molecular formula is C22H30Cl2N4O2. The van der Waals surface area contributed by atoms with Crippen LogP contribution >= 0.6 is 24.8 Å². The van der Waals surface area contributed by atoms with E-state index in [1.54, 1.807) is 0 Å². The van der Waals surface area contributed by atoms with Crippen LogP contribution in [0.1, 0.15) is 35.2 Å². The molecule has 0 saturated carbocycles.